The summed E-state index contributed by atoms with van der Waals surface area (Å²) < 4.78 is 2.47. The van der Waals surface area contributed by atoms with Crippen molar-refractivity contribution in [1.82, 2.24) is 4.57 Å². The molecule has 98 valence electrons. The predicted molar refractivity (Wildman–Crippen MR) is 83.8 cm³/mol. The van der Waals surface area contributed by atoms with Gasteiger partial charge in [-0.25, -0.2) is 0 Å². The minimum absolute atomic E-state index is 0.654. The fourth-order valence-electron chi connectivity index (χ4n) is 2.89. The molecule has 0 N–H and O–H groups in total. The van der Waals surface area contributed by atoms with E-state index in [1.807, 2.05) is 0 Å². The maximum Gasteiger partial charge on any atom is 0.0491 e. The lowest BCUT2D eigenvalue weighted by Gasteiger charge is -2.10. The Morgan fingerprint density at radius 2 is 1.32 bits per heavy atom. The van der Waals surface area contributed by atoms with Gasteiger partial charge in [0.15, 0.2) is 0 Å². The first-order valence-electron chi connectivity index (χ1n) is 7.05. The molecule has 0 aliphatic heterocycles. The highest BCUT2D eigenvalue weighted by molar-refractivity contribution is 6.08. The molecule has 0 atom stereocenters. The molecule has 0 unspecified atom stereocenters. The molecule has 0 fully saturated rings. The Morgan fingerprint density at radius 3 is 1.74 bits per heavy atom. The molecule has 1 heteroatoms. The first-order valence-corrected chi connectivity index (χ1v) is 7.05. The second-order valence-electron chi connectivity index (χ2n) is 6.05. The van der Waals surface area contributed by atoms with Gasteiger partial charge in [-0.3, -0.25) is 0 Å². The van der Waals surface area contributed by atoms with Crippen LogP contribution in [0.5, 0.6) is 0 Å². The van der Waals surface area contributed by atoms with Crippen molar-refractivity contribution in [3.63, 3.8) is 0 Å². The lowest BCUT2D eigenvalue weighted by atomic mass is 10.1. The van der Waals surface area contributed by atoms with E-state index in [-0.39, 0.29) is 0 Å². The van der Waals surface area contributed by atoms with E-state index in [0.717, 1.165) is 6.54 Å². The summed E-state index contributed by atoms with van der Waals surface area (Å²) in [6.45, 7) is 9.97. The van der Waals surface area contributed by atoms with Gasteiger partial charge < -0.3 is 4.57 Å². The average molecular weight is 251 g/mol. The van der Waals surface area contributed by atoms with Gasteiger partial charge in [0.2, 0.25) is 0 Å². The number of aryl methyl sites for hydroxylation is 2. The highest BCUT2D eigenvalue weighted by atomic mass is 15.0. The van der Waals surface area contributed by atoms with Gasteiger partial charge in [-0.2, -0.15) is 0 Å². The van der Waals surface area contributed by atoms with Gasteiger partial charge in [0, 0.05) is 28.4 Å². The van der Waals surface area contributed by atoms with Crippen molar-refractivity contribution in [2.75, 3.05) is 0 Å². The number of benzene rings is 2. The maximum atomic E-state index is 2.47. The summed E-state index contributed by atoms with van der Waals surface area (Å²) >= 11 is 0. The molecule has 0 radical (unpaired) electrons. The van der Waals surface area contributed by atoms with Crippen LogP contribution in [-0.4, -0.2) is 4.57 Å². The van der Waals surface area contributed by atoms with Crippen LogP contribution in [0.3, 0.4) is 0 Å². The van der Waals surface area contributed by atoms with Crippen LogP contribution in [0.4, 0.5) is 0 Å². The van der Waals surface area contributed by atoms with E-state index in [1.165, 1.54) is 32.9 Å². The second kappa shape index (κ2) is 4.41. The van der Waals surface area contributed by atoms with Crippen LogP contribution >= 0.6 is 0 Å². The molecule has 0 bridgehead atoms. The Kier molecular flexibility index (Phi) is 2.85. The smallest absolute Gasteiger partial charge is 0.0491 e. The quantitative estimate of drug-likeness (QED) is 0.599. The van der Waals surface area contributed by atoms with Crippen LogP contribution in [0.1, 0.15) is 25.0 Å². The van der Waals surface area contributed by atoms with Crippen molar-refractivity contribution in [3.05, 3.63) is 47.5 Å². The standard InChI is InChI=1S/C18H21N/c1-12(2)11-19-17-7-5-13(3)9-15(17)16-10-14(4)6-8-18(16)19/h5-10,12H,11H2,1-4H3. The molecule has 0 saturated carbocycles. The number of rotatable bonds is 2. The Labute approximate surface area is 114 Å². The Balaban J connectivity index is 2.43. The van der Waals surface area contributed by atoms with Crippen molar-refractivity contribution >= 4 is 21.8 Å². The zero-order valence-electron chi connectivity index (χ0n) is 12.2. The Bertz CT molecular complexity index is 688. The number of hydrogen-bond donors (Lipinski definition) is 0. The summed E-state index contributed by atoms with van der Waals surface area (Å²) in [5.41, 5.74) is 5.38. The fraction of sp³-hybridized carbons (Fsp3) is 0.333. The summed E-state index contributed by atoms with van der Waals surface area (Å²) in [7, 11) is 0. The normalized spacial score (nSPS) is 11.8. The lowest BCUT2D eigenvalue weighted by Crippen LogP contribution is -2.03. The molecule has 0 spiro atoms. The molecule has 0 saturated heterocycles. The first kappa shape index (κ1) is 12.3. The van der Waals surface area contributed by atoms with Gasteiger partial charge in [-0.05, 0) is 44.0 Å². The molecule has 0 aliphatic rings. The summed E-state index contributed by atoms with van der Waals surface area (Å²) in [4.78, 5) is 0. The molecule has 1 heterocycles. The number of nitrogens with zero attached hydrogens (tertiary/aromatic N) is 1. The summed E-state index contributed by atoms with van der Waals surface area (Å²) in [5, 5.41) is 2.78. The Hall–Kier alpha value is -1.76. The van der Waals surface area contributed by atoms with Gasteiger partial charge in [0.05, 0.1) is 0 Å². The third kappa shape index (κ3) is 2.03. The van der Waals surface area contributed by atoms with E-state index in [1.54, 1.807) is 0 Å². The molecule has 0 aliphatic carbocycles. The van der Waals surface area contributed by atoms with E-state index >= 15 is 0 Å². The third-order valence-corrected chi connectivity index (χ3v) is 3.72. The SMILES string of the molecule is Cc1ccc2c(c1)c1cc(C)ccc1n2CC(C)C. The van der Waals surface area contributed by atoms with Crippen molar-refractivity contribution in [3.8, 4) is 0 Å². The van der Waals surface area contributed by atoms with Gasteiger partial charge in [0.1, 0.15) is 0 Å². The zero-order chi connectivity index (χ0) is 13.6. The van der Waals surface area contributed by atoms with Crippen LogP contribution in [0, 0.1) is 19.8 Å². The van der Waals surface area contributed by atoms with Gasteiger partial charge in [0.25, 0.3) is 0 Å². The largest absolute Gasteiger partial charge is 0.340 e. The number of fused-ring (bicyclic) bond motifs is 3. The maximum absolute atomic E-state index is 2.47. The van der Waals surface area contributed by atoms with Crippen molar-refractivity contribution < 1.29 is 0 Å². The van der Waals surface area contributed by atoms with Crippen molar-refractivity contribution in [2.45, 2.75) is 34.2 Å². The van der Waals surface area contributed by atoms with E-state index in [9.17, 15) is 0 Å². The van der Waals surface area contributed by atoms with E-state index in [0.29, 0.717) is 5.92 Å². The average Bonchev–Trinajstić information content (AvgIpc) is 2.62. The molecule has 19 heavy (non-hydrogen) atoms. The number of hydrogen-bond acceptors (Lipinski definition) is 0. The topological polar surface area (TPSA) is 4.93 Å². The van der Waals surface area contributed by atoms with E-state index in [2.05, 4.69) is 68.7 Å². The minimum atomic E-state index is 0.654. The van der Waals surface area contributed by atoms with Crippen LogP contribution in [0.15, 0.2) is 36.4 Å². The highest BCUT2D eigenvalue weighted by Gasteiger charge is 2.11. The third-order valence-electron chi connectivity index (χ3n) is 3.72. The van der Waals surface area contributed by atoms with Crippen LogP contribution in [0.2, 0.25) is 0 Å². The second-order valence-corrected chi connectivity index (χ2v) is 6.05. The lowest BCUT2D eigenvalue weighted by molar-refractivity contribution is 0.545. The monoisotopic (exact) mass is 251 g/mol. The number of aromatic nitrogens is 1. The molecule has 2 aromatic carbocycles. The van der Waals surface area contributed by atoms with Gasteiger partial charge in [-0.1, -0.05) is 37.1 Å². The van der Waals surface area contributed by atoms with Crippen LogP contribution in [-0.2, 0) is 6.54 Å². The molecule has 0 amide bonds. The Morgan fingerprint density at radius 1 is 0.842 bits per heavy atom. The molecule has 1 nitrogen and oxygen atoms in total. The predicted octanol–water partition coefficient (Wildman–Crippen LogP) is 5.07. The zero-order valence-corrected chi connectivity index (χ0v) is 12.2. The van der Waals surface area contributed by atoms with E-state index < -0.39 is 0 Å². The highest BCUT2D eigenvalue weighted by Crippen LogP contribution is 2.31. The van der Waals surface area contributed by atoms with Gasteiger partial charge in [-0.15, -0.1) is 0 Å². The summed E-state index contributed by atoms with van der Waals surface area (Å²) in [6.07, 6.45) is 0. The molecular weight excluding hydrogens is 230 g/mol. The molecule has 3 aromatic rings. The molecular formula is C18H21N. The summed E-state index contributed by atoms with van der Waals surface area (Å²) in [5.74, 6) is 0.654. The van der Waals surface area contributed by atoms with Crippen molar-refractivity contribution in [2.24, 2.45) is 5.92 Å². The van der Waals surface area contributed by atoms with Gasteiger partial charge >= 0.3 is 0 Å². The van der Waals surface area contributed by atoms with Crippen LogP contribution < -0.4 is 0 Å². The molecule has 1 aromatic heterocycles. The van der Waals surface area contributed by atoms with Crippen molar-refractivity contribution in [1.29, 1.82) is 0 Å². The summed E-state index contributed by atoms with van der Waals surface area (Å²) in [6, 6.07) is 13.6. The minimum Gasteiger partial charge on any atom is -0.340 e. The van der Waals surface area contributed by atoms with Crippen LogP contribution in [0.25, 0.3) is 21.8 Å². The first-order chi connectivity index (χ1) is 9.06. The van der Waals surface area contributed by atoms with E-state index in [4.69, 9.17) is 0 Å². The molecule has 3 rings (SSSR count). The fourth-order valence-corrected chi connectivity index (χ4v) is 2.89.